The van der Waals surface area contributed by atoms with Crippen molar-refractivity contribution >= 4 is 44.6 Å². The molecule has 1 aromatic heterocycles. The number of halogens is 2. The quantitative estimate of drug-likeness (QED) is 0.872. The van der Waals surface area contributed by atoms with E-state index in [2.05, 4.69) is 10.0 Å². The van der Waals surface area contributed by atoms with Gasteiger partial charge in [0, 0.05) is 12.6 Å². The summed E-state index contributed by atoms with van der Waals surface area (Å²) in [6.45, 7) is 1.42. The third-order valence-corrected chi connectivity index (χ3v) is 6.08. The summed E-state index contributed by atoms with van der Waals surface area (Å²) in [6.07, 6.45) is 3.05. The van der Waals surface area contributed by atoms with Crippen molar-refractivity contribution in [2.45, 2.75) is 30.2 Å². The van der Waals surface area contributed by atoms with Crippen LogP contribution in [0.25, 0.3) is 0 Å². The highest BCUT2D eigenvalue weighted by Gasteiger charge is 2.21. The molecule has 102 valence electrons. The molecular formula is C10H14Cl2N2O2S2. The standard InChI is InChI=1S/C10H14Cl2N2O2S2/c11-9-6-8(10(12)17-9)18(15,16)14-5-3-7-2-1-4-13-7/h6-7,13-14H,1-5H2/t7-/m0/s1. The van der Waals surface area contributed by atoms with Gasteiger partial charge in [0.2, 0.25) is 10.0 Å². The van der Waals surface area contributed by atoms with Gasteiger partial charge < -0.3 is 5.32 Å². The lowest BCUT2D eigenvalue weighted by atomic mass is 10.2. The SMILES string of the molecule is O=S(=O)(NCC[C@@H]1CCCN1)c1cc(Cl)sc1Cl. The highest BCUT2D eigenvalue weighted by atomic mass is 35.5. The minimum absolute atomic E-state index is 0.0681. The summed E-state index contributed by atoms with van der Waals surface area (Å²) in [5.41, 5.74) is 0. The molecule has 0 saturated carbocycles. The zero-order chi connectivity index (χ0) is 13.2. The van der Waals surface area contributed by atoms with Crippen LogP contribution in [0.2, 0.25) is 8.67 Å². The molecule has 1 fully saturated rings. The Morgan fingerprint density at radius 3 is 2.83 bits per heavy atom. The van der Waals surface area contributed by atoms with Crippen molar-refractivity contribution in [1.29, 1.82) is 0 Å². The van der Waals surface area contributed by atoms with Crippen LogP contribution in [0.5, 0.6) is 0 Å². The second-order valence-electron chi connectivity index (χ2n) is 4.17. The Morgan fingerprint density at radius 1 is 1.50 bits per heavy atom. The van der Waals surface area contributed by atoms with Gasteiger partial charge in [0.25, 0.3) is 0 Å². The maximum atomic E-state index is 12.0. The number of nitrogens with one attached hydrogen (secondary N) is 2. The first-order chi connectivity index (χ1) is 8.49. The molecule has 8 heteroatoms. The Kier molecular flexibility index (Phi) is 4.91. The van der Waals surface area contributed by atoms with Gasteiger partial charge in [-0.3, -0.25) is 0 Å². The van der Waals surface area contributed by atoms with Crippen molar-refractivity contribution in [2.24, 2.45) is 0 Å². The minimum Gasteiger partial charge on any atom is -0.314 e. The van der Waals surface area contributed by atoms with E-state index in [9.17, 15) is 8.42 Å². The molecule has 18 heavy (non-hydrogen) atoms. The van der Waals surface area contributed by atoms with E-state index in [1.807, 2.05) is 0 Å². The van der Waals surface area contributed by atoms with E-state index in [0.29, 0.717) is 16.9 Å². The lowest BCUT2D eigenvalue weighted by Gasteiger charge is -2.10. The summed E-state index contributed by atoms with van der Waals surface area (Å²) >= 11 is 12.6. The lowest BCUT2D eigenvalue weighted by Crippen LogP contribution is -2.30. The number of hydrogen-bond acceptors (Lipinski definition) is 4. The van der Waals surface area contributed by atoms with Gasteiger partial charge in [-0.1, -0.05) is 23.2 Å². The molecule has 1 aliphatic rings. The van der Waals surface area contributed by atoms with Crippen molar-refractivity contribution in [3.8, 4) is 0 Å². The normalized spacial score (nSPS) is 20.4. The summed E-state index contributed by atoms with van der Waals surface area (Å²) < 4.78 is 27.1. The molecule has 0 aliphatic carbocycles. The smallest absolute Gasteiger partial charge is 0.242 e. The molecule has 4 nitrogen and oxygen atoms in total. The molecule has 2 rings (SSSR count). The fraction of sp³-hybridized carbons (Fsp3) is 0.600. The van der Waals surface area contributed by atoms with Crippen molar-refractivity contribution in [2.75, 3.05) is 13.1 Å². The van der Waals surface area contributed by atoms with E-state index in [4.69, 9.17) is 23.2 Å². The fourth-order valence-electron chi connectivity index (χ4n) is 1.96. The predicted octanol–water partition coefficient (Wildman–Crippen LogP) is 2.48. The monoisotopic (exact) mass is 328 g/mol. The van der Waals surface area contributed by atoms with Crippen LogP contribution in [0.1, 0.15) is 19.3 Å². The van der Waals surface area contributed by atoms with Gasteiger partial charge in [-0.2, -0.15) is 0 Å². The largest absolute Gasteiger partial charge is 0.314 e. The van der Waals surface area contributed by atoms with Crippen LogP contribution >= 0.6 is 34.5 Å². The van der Waals surface area contributed by atoms with E-state index >= 15 is 0 Å². The topological polar surface area (TPSA) is 58.2 Å². The van der Waals surface area contributed by atoms with Crippen LogP contribution in [-0.4, -0.2) is 27.5 Å². The van der Waals surface area contributed by atoms with Gasteiger partial charge in [-0.05, 0) is 31.9 Å². The molecule has 1 saturated heterocycles. The van der Waals surface area contributed by atoms with E-state index in [1.165, 1.54) is 6.07 Å². The van der Waals surface area contributed by atoms with Crippen molar-refractivity contribution in [1.82, 2.24) is 10.0 Å². The molecule has 0 amide bonds. The number of rotatable bonds is 5. The van der Waals surface area contributed by atoms with E-state index < -0.39 is 10.0 Å². The van der Waals surface area contributed by atoms with Gasteiger partial charge in [-0.25, -0.2) is 13.1 Å². The average molecular weight is 329 g/mol. The summed E-state index contributed by atoms with van der Waals surface area (Å²) in [6, 6.07) is 1.79. The molecular weight excluding hydrogens is 315 g/mol. The van der Waals surface area contributed by atoms with Gasteiger partial charge in [-0.15, -0.1) is 11.3 Å². The van der Waals surface area contributed by atoms with Crippen LogP contribution in [-0.2, 0) is 10.0 Å². The molecule has 2 N–H and O–H groups in total. The molecule has 0 spiro atoms. The second kappa shape index (κ2) is 6.07. The van der Waals surface area contributed by atoms with Crippen LogP contribution in [0, 0.1) is 0 Å². The van der Waals surface area contributed by atoms with Crippen molar-refractivity contribution in [3.05, 3.63) is 14.7 Å². The van der Waals surface area contributed by atoms with Crippen LogP contribution < -0.4 is 10.0 Å². The molecule has 0 bridgehead atoms. The Balaban J connectivity index is 1.93. The Morgan fingerprint density at radius 2 is 2.28 bits per heavy atom. The zero-order valence-electron chi connectivity index (χ0n) is 9.58. The number of sulfonamides is 1. The van der Waals surface area contributed by atoms with Crippen LogP contribution in [0.3, 0.4) is 0 Å². The summed E-state index contributed by atoms with van der Waals surface area (Å²) in [5, 5.41) is 3.32. The number of thiophene rings is 1. The first-order valence-corrected chi connectivity index (χ1v) is 8.72. The third kappa shape index (κ3) is 3.59. The van der Waals surface area contributed by atoms with Crippen molar-refractivity contribution < 1.29 is 8.42 Å². The van der Waals surface area contributed by atoms with E-state index in [0.717, 1.165) is 37.1 Å². The fourth-order valence-corrected chi connectivity index (χ4v) is 5.15. The molecule has 0 radical (unpaired) electrons. The molecule has 0 aromatic carbocycles. The van der Waals surface area contributed by atoms with Gasteiger partial charge in [0.05, 0.1) is 4.34 Å². The summed E-state index contributed by atoms with van der Waals surface area (Å²) in [4.78, 5) is 0.0681. The number of hydrogen-bond donors (Lipinski definition) is 2. The highest BCUT2D eigenvalue weighted by Crippen LogP contribution is 2.34. The Hall–Kier alpha value is 0.150. The first-order valence-electron chi connectivity index (χ1n) is 5.67. The highest BCUT2D eigenvalue weighted by molar-refractivity contribution is 7.89. The average Bonchev–Trinajstić information content (AvgIpc) is 2.88. The Bertz CT molecular complexity index is 510. The summed E-state index contributed by atoms with van der Waals surface area (Å²) in [7, 11) is -3.55. The summed E-state index contributed by atoms with van der Waals surface area (Å²) in [5.74, 6) is 0. The molecule has 0 unspecified atom stereocenters. The predicted molar refractivity (Wildman–Crippen MR) is 75.2 cm³/mol. The van der Waals surface area contributed by atoms with Crippen LogP contribution in [0.15, 0.2) is 11.0 Å². The van der Waals surface area contributed by atoms with Crippen LogP contribution in [0.4, 0.5) is 0 Å². The molecule has 1 aromatic rings. The van der Waals surface area contributed by atoms with Gasteiger partial charge in [0.15, 0.2) is 0 Å². The van der Waals surface area contributed by atoms with E-state index in [-0.39, 0.29) is 9.23 Å². The van der Waals surface area contributed by atoms with E-state index in [1.54, 1.807) is 0 Å². The lowest BCUT2D eigenvalue weighted by molar-refractivity contribution is 0.539. The first kappa shape index (κ1) is 14.6. The second-order valence-corrected chi connectivity index (χ2v) is 8.19. The molecule has 1 aliphatic heterocycles. The zero-order valence-corrected chi connectivity index (χ0v) is 12.7. The third-order valence-electron chi connectivity index (χ3n) is 2.86. The molecule has 1 atom stereocenters. The van der Waals surface area contributed by atoms with Gasteiger partial charge in [0.1, 0.15) is 9.23 Å². The van der Waals surface area contributed by atoms with Crippen molar-refractivity contribution in [3.63, 3.8) is 0 Å². The minimum atomic E-state index is -3.55. The van der Waals surface area contributed by atoms with Gasteiger partial charge >= 0.3 is 0 Å². The maximum Gasteiger partial charge on any atom is 0.242 e. The molecule has 2 heterocycles. The maximum absolute atomic E-state index is 12.0. The Labute approximate surface area is 121 Å².